The Bertz CT molecular complexity index is 1160. The first-order chi connectivity index (χ1) is 15.1. The van der Waals surface area contributed by atoms with E-state index < -0.39 is 0 Å². The Hall–Kier alpha value is -3.41. The first-order valence-electron chi connectivity index (χ1n) is 11.0. The lowest BCUT2D eigenvalue weighted by Gasteiger charge is -2.15. The van der Waals surface area contributed by atoms with Crippen molar-refractivity contribution in [2.45, 2.75) is 39.0 Å². The summed E-state index contributed by atoms with van der Waals surface area (Å²) in [4.78, 5) is 27.7. The molecule has 1 aliphatic carbocycles. The van der Waals surface area contributed by atoms with Crippen LogP contribution in [0.25, 0.3) is 5.69 Å². The predicted molar refractivity (Wildman–Crippen MR) is 120 cm³/mol. The van der Waals surface area contributed by atoms with Gasteiger partial charge in [-0.2, -0.15) is 5.10 Å². The Morgan fingerprint density at radius 1 is 0.968 bits per heavy atom. The highest BCUT2D eigenvalue weighted by Gasteiger charge is 2.27. The number of rotatable bonds is 4. The second kappa shape index (κ2) is 8.02. The van der Waals surface area contributed by atoms with E-state index in [0.29, 0.717) is 16.9 Å². The number of para-hydroxylation sites is 1. The summed E-state index contributed by atoms with van der Waals surface area (Å²) < 4.78 is 1.93. The molecule has 1 aromatic heterocycles. The van der Waals surface area contributed by atoms with Gasteiger partial charge in [-0.1, -0.05) is 24.3 Å². The SMILES string of the molecule is Cc1ccccc1-n1nc(C(=O)Nc2cccc(C(=O)N3CCCC3)c2)c2c1CCC2. The van der Waals surface area contributed by atoms with Gasteiger partial charge < -0.3 is 10.2 Å². The minimum absolute atomic E-state index is 0.0262. The van der Waals surface area contributed by atoms with Crippen LogP contribution in [0, 0.1) is 6.92 Å². The number of fused-ring (bicyclic) bond motifs is 1. The molecule has 3 aromatic rings. The van der Waals surface area contributed by atoms with Crippen molar-refractivity contribution in [3.05, 3.63) is 76.6 Å². The smallest absolute Gasteiger partial charge is 0.276 e. The summed E-state index contributed by atoms with van der Waals surface area (Å²) in [6.45, 7) is 3.66. The lowest BCUT2D eigenvalue weighted by molar-refractivity contribution is 0.0792. The van der Waals surface area contributed by atoms with E-state index in [1.807, 2.05) is 39.9 Å². The quantitative estimate of drug-likeness (QED) is 0.697. The fraction of sp³-hybridized carbons (Fsp3) is 0.320. The zero-order valence-electron chi connectivity index (χ0n) is 17.7. The number of benzene rings is 2. The lowest BCUT2D eigenvalue weighted by Crippen LogP contribution is -2.27. The molecule has 6 heteroatoms. The Balaban J connectivity index is 1.42. The van der Waals surface area contributed by atoms with Crippen LogP contribution in [0.2, 0.25) is 0 Å². The lowest BCUT2D eigenvalue weighted by atomic mass is 10.1. The topological polar surface area (TPSA) is 67.2 Å². The monoisotopic (exact) mass is 414 g/mol. The fourth-order valence-corrected chi connectivity index (χ4v) is 4.64. The number of amides is 2. The van der Waals surface area contributed by atoms with Crippen molar-refractivity contribution in [2.24, 2.45) is 0 Å². The molecule has 6 nitrogen and oxygen atoms in total. The zero-order chi connectivity index (χ0) is 21.4. The average molecular weight is 415 g/mol. The highest BCUT2D eigenvalue weighted by atomic mass is 16.2. The number of aromatic nitrogens is 2. The highest BCUT2D eigenvalue weighted by molar-refractivity contribution is 6.05. The van der Waals surface area contributed by atoms with Gasteiger partial charge in [0, 0.05) is 35.6 Å². The van der Waals surface area contributed by atoms with Crippen LogP contribution in [0.15, 0.2) is 48.5 Å². The number of carbonyl (C=O) groups excluding carboxylic acids is 2. The number of anilines is 1. The Labute approximate surface area is 181 Å². The van der Waals surface area contributed by atoms with E-state index >= 15 is 0 Å². The molecule has 0 bridgehead atoms. The van der Waals surface area contributed by atoms with Crippen molar-refractivity contribution in [2.75, 3.05) is 18.4 Å². The maximum atomic E-state index is 13.2. The van der Waals surface area contributed by atoms with Gasteiger partial charge in [-0.05, 0) is 68.9 Å². The van der Waals surface area contributed by atoms with Crippen molar-refractivity contribution in [1.82, 2.24) is 14.7 Å². The van der Waals surface area contributed by atoms with Gasteiger partial charge in [0.15, 0.2) is 5.69 Å². The van der Waals surface area contributed by atoms with E-state index in [0.717, 1.165) is 67.7 Å². The third-order valence-corrected chi connectivity index (χ3v) is 6.25. The molecular formula is C25H26N4O2. The van der Waals surface area contributed by atoms with Crippen molar-refractivity contribution < 1.29 is 9.59 Å². The first-order valence-corrected chi connectivity index (χ1v) is 11.0. The highest BCUT2D eigenvalue weighted by Crippen LogP contribution is 2.29. The second-order valence-electron chi connectivity index (χ2n) is 8.36. The molecule has 1 aliphatic heterocycles. The number of nitrogens with zero attached hydrogens (tertiary/aromatic N) is 3. The maximum Gasteiger partial charge on any atom is 0.276 e. The molecule has 0 radical (unpaired) electrons. The van der Waals surface area contributed by atoms with E-state index in [4.69, 9.17) is 5.10 Å². The van der Waals surface area contributed by atoms with Crippen LogP contribution in [-0.2, 0) is 12.8 Å². The first kappa shape index (κ1) is 19.5. The Morgan fingerprint density at radius 3 is 2.58 bits per heavy atom. The molecule has 1 N–H and O–H groups in total. The summed E-state index contributed by atoms with van der Waals surface area (Å²) in [5.41, 5.74) is 6.00. The van der Waals surface area contributed by atoms with Gasteiger partial charge in [0.1, 0.15) is 0 Å². The standard InChI is InChI=1S/C25H26N4O2/c1-17-8-2-3-12-21(17)29-22-13-7-11-20(22)23(27-29)24(30)26-19-10-6-9-18(16-19)25(31)28-14-4-5-15-28/h2-3,6,8-10,12,16H,4-5,7,11,13-15H2,1H3,(H,26,30). The summed E-state index contributed by atoms with van der Waals surface area (Å²) in [7, 11) is 0. The number of likely N-dealkylation sites (tertiary alicyclic amines) is 1. The van der Waals surface area contributed by atoms with Crippen molar-refractivity contribution in [3.63, 3.8) is 0 Å². The average Bonchev–Trinajstić information content (AvgIpc) is 3.52. The molecule has 2 amide bonds. The van der Waals surface area contributed by atoms with Gasteiger partial charge in [0.05, 0.1) is 5.69 Å². The zero-order valence-corrected chi connectivity index (χ0v) is 17.7. The molecule has 31 heavy (non-hydrogen) atoms. The van der Waals surface area contributed by atoms with Crippen LogP contribution in [-0.4, -0.2) is 39.6 Å². The van der Waals surface area contributed by atoms with Crippen LogP contribution in [0.3, 0.4) is 0 Å². The molecule has 5 rings (SSSR count). The van der Waals surface area contributed by atoms with E-state index in [1.54, 1.807) is 12.1 Å². The van der Waals surface area contributed by atoms with E-state index in [9.17, 15) is 9.59 Å². The van der Waals surface area contributed by atoms with E-state index in [-0.39, 0.29) is 11.8 Å². The normalized spacial score (nSPS) is 15.2. The van der Waals surface area contributed by atoms with Crippen molar-refractivity contribution in [3.8, 4) is 5.69 Å². The van der Waals surface area contributed by atoms with Gasteiger partial charge >= 0.3 is 0 Å². The number of carbonyl (C=O) groups is 2. The number of nitrogens with one attached hydrogen (secondary N) is 1. The van der Waals surface area contributed by atoms with Crippen LogP contribution in [0.5, 0.6) is 0 Å². The third-order valence-electron chi connectivity index (χ3n) is 6.25. The molecule has 2 aromatic carbocycles. The maximum absolute atomic E-state index is 13.2. The van der Waals surface area contributed by atoms with Gasteiger partial charge in [-0.25, -0.2) is 4.68 Å². The Kier molecular flexibility index (Phi) is 5.06. The van der Waals surface area contributed by atoms with E-state index in [1.165, 1.54) is 0 Å². The van der Waals surface area contributed by atoms with Gasteiger partial charge in [-0.15, -0.1) is 0 Å². The molecule has 1 fully saturated rings. The summed E-state index contributed by atoms with van der Waals surface area (Å²) in [5, 5.41) is 7.68. The molecule has 2 heterocycles. The third kappa shape index (κ3) is 3.63. The van der Waals surface area contributed by atoms with Crippen LogP contribution in [0.1, 0.15) is 56.9 Å². The minimum Gasteiger partial charge on any atom is -0.339 e. The predicted octanol–water partition coefficient (Wildman–Crippen LogP) is 4.16. The van der Waals surface area contributed by atoms with Crippen LogP contribution in [0.4, 0.5) is 5.69 Å². The van der Waals surface area contributed by atoms with Crippen LogP contribution < -0.4 is 5.32 Å². The van der Waals surface area contributed by atoms with Gasteiger partial charge in [0.25, 0.3) is 11.8 Å². The number of hydrogen-bond donors (Lipinski definition) is 1. The largest absolute Gasteiger partial charge is 0.339 e. The number of hydrogen-bond acceptors (Lipinski definition) is 3. The second-order valence-corrected chi connectivity index (χ2v) is 8.36. The van der Waals surface area contributed by atoms with Gasteiger partial charge in [0.2, 0.25) is 0 Å². The summed E-state index contributed by atoms with van der Waals surface area (Å²) in [6.07, 6.45) is 4.91. The van der Waals surface area contributed by atoms with Gasteiger partial charge in [-0.3, -0.25) is 9.59 Å². The Morgan fingerprint density at radius 2 is 1.77 bits per heavy atom. The molecular weight excluding hydrogens is 388 g/mol. The van der Waals surface area contributed by atoms with Crippen LogP contribution >= 0.6 is 0 Å². The molecule has 2 aliphatic rings. The molecule has 0 spiro atoms. The molecule has 158 valence electrons. The summed E-state index contributed by atoms with van der Waals surface area (Å²) in [6, 6.07) is 15.3. The minimum atomic E-state index is -0.226. The molecule has 1 saturated heterocycles. The van der Waals surface area contributed by atoms with Crippen molar-refractivity contribution >= 4 is 17.5 Å². The summed E-state index contributed by atoms with van der Waals surface area (Å²) in [5.74, 6) is -0.199. The molecule has 0 saturated carbocycles. The van der Waals surface area contributed by atoms with Crippen molar-refractivity contribution in [1.29, 1.82) is 0 Å². The van der Waals surface area contributed by atoms with E-state index in [2.05, 4.69) is 18.3 Å². The molecule has 0 unspecified atom stereocenters. The fourth-order valence-electron chi connectivity index (χ4n) is 4.64. The molecule has 0 atom stereocenters. The number of aryl methyl sites for hydroxylation is 1. The summed E-state index contributed by atoms with van der Waals surface area (Å²) >= 11 is 0.